The number of nitrogens with zero attached hydrogens (tertiary/aromatic N) is 1. The Hall–Kier alpha value is 0.590. The lowest BCUT2D eigenvalue weighted by Crippen LogP contribution is -2.41. The first kappa shape index (κ1) is 11.7. The molecule has 4 heteroatoms. The monoisotopic (exact) mass is 267 g/mol. The van der Waals surface area contributed by atoms with Crippen molar-refractivity contribution in [2.45, 2.75) is 18.2 Å². The molecule has 0 spiro atoms. The summed E-state index contributed by atoms with van der Waals surface area (Å²) < 4.78 is 10.9. The first-order valence-electron chi connectivity index (χ1n) is 4.74. The summed E-state index contributed by atoms with van der Waals surface area (Å²) in [4.78, 5) is 3.04. The van der Waals surface area contributed by atoms with E-state index in [9.17, 15) is 4.21 Å². The molecule has 1 fully saturated rings. The van der Waals surface area contributed by atoms with Crippen LogP contribution in [-0.2, 0) is 10.8 Å². The zero-order chi connectivity index (χ0) is 9.84. The number of hydrogen-bond acceptors (Lipinski definition) is 2. The van der Waals surface area contributed by atoms with Crippen LogP contribution in [-0.4, -0.2) is 45.6 Å². The SMILES string of the molecule is CC1CC(Br)CN(CCS(C)=O)C1. The molecule has 0 radical (unpaired) electrons. The maximum atomic E-state index is 10.9. The van der Waals surface area contributed by atoms with Crippen LogP contribution in [0.25, 0.3) is 0 Å². The van der Waals surface area contributed by atoms with E-state index in [0.29, 0.717) is 4.83 Å². The first-order valence-corrected chi connectivity index (χ1v) is 7.38. The highest BCUT2D eigenvalue weighted by Gasteiger charge is 2.22. The van der Waals surface area contributed by atoms with E-state index in [0.717, 1.165) is 24.8 Å². The van der Waals surface area contributed by atoms with Crippen LogP contribution in [0.4, 0.5) is 0 Å². The highest BCUT2D eigenvalue weighted by Crippen LogP contribution is 2.21. The van der Waals surface area contributed by atoms with Gasteiger partial charge in [-0.15, -0.1) is 0 Å². The fourth-order valence-corrected chi connectivity index (χ4v) is 3.38. The van der Waals surface area contributed by atoms with Crippen molar-refractivity contribution in [3.05, 3.63) is 0 Å². The summed E-state index contributed by atoms with van der Waals surface area (Å²) >= 11 is 3.66. The summed E-state index contributed by atoms with van der Waals surface area (Å²) in [7, 11) is -0.647. The predicted octanol–water partition coefficient (Wildman–Crippen LogP) is 1.47. The van der Waals surface area contributed by atoms with E-state index in [2.05, 4.69) is 27.8 Å². The molecular weight excluding hydrogens is 250 g/mol. The second-order valence-electron chi connectivity index (χ2n) is 3.98. The zero-order valence-corrected chi connectivity index (χ0v) is 10.7. The fourth-order valence-electron chi connectivity index (χ4n) is 1.82. The van der Waals surface area contributed by atoms with Crippen LogP contribution in [0.5, 0.6) is 0 Å². The summed E-state index contributed by atoms with van der Waals surface area (Å²) in [5, 5.41) is 0. The van der Waals surface area contributed by atoms with Crippen molar-refractivity contribution < 1.29 is 4.21 Å². The minimum absolute atomic E-state index is 0.626. The van der Waals surface area contributed by atoms with Gasteiger partial charge in [0.15, 0.2) is 0 Å². The van der Waals surface area contributed by atoms with Crippen LogP contribution in [0.3, 0.4) is 0 Å². The number of piperidine rings is 1. The van der Waals surface area contributed by atoms with Gasteiger partial charge < -0.3 is 4.90 Å². The Labute approximate surface area is 91.7 Å². The van der Waals surface area contributed by atoms with Crippen molar-refractivity contribution in [1.82, 2.24) is 4.90 Å². The number of likely N-dealkylation sites (tertiary alicyclic amines) is 1. The molecular formula is C9H18BrNOS. The highest BCUT2D eigenvalue weighted by molar-refractivity contribution is 9.09. The van der Waals surface area contributed by atoms with E-state index >= 15 is 0 Å². The normalized spacial score (nSPS) is 33.2. The molecule has 3 atom stereocenters. The lowest BCUT2D eigenvalue weighted by atomic mass is 10.0. The van der Waals surface area contributed by atoms with E-state index in [1.807, 2.05) is 0 Å². The molecule has 1 aliphatic rings. The Morgan fingerprint density at radius 3 is 2.77 bits per heavy atom. The molecule has 0 bridgehead atoms. The van der Waals surface area contributed by atoms with Gasteiger partial charge in [-0.3, -0.25) is 4.21 Å². The van der Waals surface area contributed by atoms with Gasteiger partial charge in [-0.25, -0.2) is 0 Å². The average molecular weight is 268 g/mol. The molecule has 0 aromatic rings. The second kappa shape index (κ2) is 5.47. The Morgan fingerprint density at radius 1 is 1.54 bits per heavy atom. The van der Waals surface area contributed by atoms with Gasteiger partial charge in [-0.2, -0.15) is 0 Å². The Bertz CT molecular complexity index is 178. The number of halogens is 1. The third-order valence-electron chi connectivity index (χ3n) is 2.38. The lowest BCUT2D eigenvalue weighted by Gasteiger charge is -2.33. The quantitative estimate of drug-likeness (QED) is 0.722. The molecule has 1 saturated heterocycles. The third kappa shape index (κ3) is 4.56. The van der Waals surface area contributed by atoms with Gasteiger partial charge in [0.1, 0.15) is 0 Å². The zero-order valence-electron chi connectivity index (χ0n) is 8.33. The largest absolute Gasteiger partial charge is 0.301 e. The Morgan fingerprint density at radius 2 is 2.23 bits per heavy atom. The van der Waals surface area contributed by atoms with Gasteiger partial charge in [-0.05, 0) is 12.3 Å². The molecule has 1 aliphatic heterocycles. The highest BCUT2D eigenvalue weighted by atomic mass is 79.9. The van der Waals surface area contributed by atoms with Crippen molar-refractivity contribution in [3.8, 4) is 0 Å². The standard InChI is InChI=1S/C9H18BrNOS/c1-8-5-9(10)7-11(6-8)3-4-13(2)12/h8-9H,3-7H2,1-2H3. The van der Waals surface area contributed by atoms with E-state index in [1.54, 1.807) is 6.26 Å². The number of rotatable bonds is 3. The van der Waals surface area contributed by atoms with Crippen LogP contribution in [0.2, 0.25) is 0 Å². The molecule has 0 saturated carbocycles. The molecule has 78 valence electrons. The van der Waals surface area contributed by atoms with Crippen LogP contribution >= 0.6 is 15.9 Å². The fraction of sp³-hybridized carbons (Fsp3) is 1.00. The molecule has 3 unspecified atom stereocenters. The summed E-state index contributed by atoms with van der Waals surface area (Å²) in [6.45, 7) is 5.54. The molecule has 2 nitrogen and oxygen atoms in total. The summed E-state index contributed by atoms with van der Waals surface area (Å²) in [5.74, 6) is 1.58. The van der Waals surface area contributed by atoms with E-state index in [4.69, 9.17) is 0 Å². The van der Waals surface area contributed by atoms with Gasteiger partial charge in [0.05, 0.1) is 0 Å². The molecule has 1 rings (SSSR count). The van der Waals surface area contributed by atoms with E-state index < -0.39 is 10.8 Å². The van der Waals surface area contributed by atoms with Gasteiger partial charge in [0.25, 0.3) is 0 Å². The molecule has 0 amide bonds. The van der Waals surface area contributed by atoms with Crippen LogP contribution in [0.15, 0.2) is 0 Å². The van der Waals surface area contributed by atoms with Crippen LogP contribution < -0.4 is 0 Å². The Balaban J connectivity index is 2.28. The topological polar surface area (TPSA) is 20.3 Å². The molecule has 0 N–H and O–H groups in total. The van der Waals surface area contributed by atoms with Crippen molar-refractivity contribution >= 4 is 26.7 Å². The summed E-state index contributed by atoms with van der Waals surface area (Å²) in [5.41, 5.74) is 0. The third-order valence-corrected chi connectivity index (χ3v) is 3.80. The number of alkyl halides is 1. The van der Waals surface area contributed by atoms with Crippen LogP contribution in [0, 0.1) is 5.92 Å². The van der Waals surface area contributed by atoms with Gasteiger partial charge in [0, 0.05) is 47.3 Å². The van der Waals surface area contributed by atoms with E-state index in [-0.39, 0.29) is 0 Å². The summed E-state index contributed by atoms with van der Waals surface area (Å²) in [6, 6.07) is 0. The minimum Gasteiger partial charge on any atom is -0.301 e. The minimum atomic E-state index is -0.647. The van der Waals surface area contributed by atoms with Gasteiger partial charge in [-0.1, -0.05) is 22.9 Å². The van der Waals surface area contributed by atoms with Crippen molar-refractivity contribution in [1.29, 1.82) is 0 Å². The van der Waals surface area contributed by atoms with Gasteiger partial charge in [0.2, 0.25) is 0 Å². The smallest absolute Gasteiger partial charge is 0.0359 e. The van der Waals surface area contributed by atoms with E-state index in [1.165, 1.54) is 13.0 Å². The Kier molecular flexibility index (Phi) is 4.90. The van der Waals surface area contributed by atoms with Crippen molar-refractivity contribution in [2.75, 3.05) is 31.6 Å². The maximum Gasteiger partial charge on any atom is 0.0359 e. The molecule has 0 aromatic heterocycles. The average Bonchev–Trinajstić information content (AvgIpc) is 1.99. The summed E-state index contributed by atoms with van der Waals surface area (Å²) in [6.07, 6.45) is 3.05. The van der Waals surface area contributed by atoms with Crippen molar-refractivity contribution in [3.63, 3.8) is 0 Å². The molecule has 1 heterocycles. The molecule has 0 aliphatic carbocycles. The maximum absolute atomic E-state index is 10.9. The van der Waals surface area contributed by atoms with Gasteiger partial charge >= 0.3 is 0 Å². The molecule has 0 aromatic carbocycles. The first-order chi connectivity index (χ1) is 6.08. The lowest BCUT2D eigenvalue weighted by molar-refractivity contribution is 0.201. The van der Waals surface area contributed by atoms with Crippen molar-refractivity contribution in [2.24, 2.45) is 5.92 Å². The van der Waals surface area contributed by atoms with Crippen LogP contribution in [0.1, 0.15) is 13.3 Å². The predicted molar refractivity (Wildman–Crippen MR) is 61.9 cm³/mol. The number of hydrogen-bond donors (Lipinski definition) is 0. The second-order valence-corrected chi connectivity index (χ2v) is 6.82. The molecule has 13 heavy (non-hydrogen) atoms.